The number of oxime groups is 1. The minimum Gasteiger partial charge on any atom is -0.411 e. The average molecular weight is 372 g/mol. The maximum absolute atomic E-state index is 12.8. The summed E-state index contributed by atoms with van der Waals surface area (Å²) in [6.07, 6.45) is 6.70. The van der Waals surface area contributed by atoms with Crippen LogP contribution in [0.2, 0.25) is 0 Å². The Labute approximate surface area is 155 Å². The molecule has 136 valence electrons. The number of aromatic nitrogens is 1. The molecule has 0 radical (unpaired) electrons. The van der Waals surface area contributed by atoms with Crippen LogP contribution in [0.25, 0.3) is 0 Å². The predicted molar refractivity (Wildman–Crippen MR) is 102 cm³/mol. The normalized spacial score (nSPS) is 14.7. The molecule has 1 aromatic carbocycles. The Hall–Kier alpha value is -2.74. The van der Waals surface area contributed by atoms with E-state index in [9.17, 15) is 9.59 Å². The van der Waals surface area contributed by atoms with Gasteiger partial charge in [0.15, 0.2) is 10.9 Å². The van der Waals surface area contributed by atoms with Crippen molar-refractivity contribution in [1.82, 2.24) is 4.98 Å². The van der Waals surface area contributed by atoms with Crippen LogP contribution in [-0.4, -0.2) is 28.2 Å². The number of rotatable bonds is 5. The Morgan fingerprint density at radius 3 is 2.81 bits per heavy atom. The van der Waals surface area contributed by atoms with Crippen LogP contribution in [0.1, 0.15) is 46.5 Å². The molecule has 0 aliphatic heterocycles. The molecule has 1 heterocycles. The van der Waals surface area contributed by atoms with Gasteiger partial charge in [0.05, 0.1) is 16.8 Å². The lowest BCUT2D eigenvalue weighted by Gasteiger charge is -2.14. The van der Waals surface area contributed by atoms with E-state index in [0.29, 0.717) is 21.3 Å². The van der Waals surface area contributed by atoms with E-state index in [0.717, 1.165) is 31.2 Å². The summed E-state index contributed by atoms with van der Waals surface area (Å²) in [4.78, 5) is 29.7. The van der Waals surface area contributed by atoms with Gasteiger partial charge in [-0.25, -0.2) is 9.78 Å². The first kappa shape index (κ1) is 18.1. The third-order valence-corrected chi connectivity index (χ3v) is 5.19. The Kier molecular flexibility index (Phi) is 5.62. The number of carbonyl (C=O) groups excluding carboxylic acids is 2. The van der Waals surface area contributed by atoms with Crippen LogP contribution in [0.15, 0.2) is 29.6 Å². The monoisotopic (exact) mass is 372 g/mol. The van der Waals surface area contributed by atoms with Gasteiger partial charge in [-0.15, -0.1) is 0 Å². The van der Waals surface area contributed by atoms with Gasteiger partial charge in [0.25, 0.3) is 0 Å². The predicted octanol–water partition coefficient (Wildman–Crippen LogP) is 4.28. The maximum atomic E-state index is 12.8. The largest absolute Gasteiger partial charge is 0.411 e. The molecule has 2 aromatic rings. The van der Waals surface area contributed by atoms with Gasteiger partial charge in [0.1, 0.15) is 0 Å². The number of benzene rings is 1. The molecule has 0 bridgehead atoms. The molecule has 0 atom stereocenters. The fourth-order valence-corrected chi connectivity index (χ4v) is 3.77. The fraction of sp³-hybridized carbons (Fsp3) is 0.333. The van der Waals surface area contributed by atoms with Crippen molar-refractivity contribution in [3.63, 3.8) is 0 Å². The zero-order chi connectivity index (χ0) is 18.5. The molecule has 0 spiro atoms. The lowest BCUT2D eigenvalue weighted by molar-refractivity contribution is 0.0923. The maximum Gasteiger partial charge on any atom is 0.325 e. The standard InChI is InChI=1S/C18H20N4O3S/c1-11-6-7-15(14(8-11)16(23)12-4-2-3-5-12)21-17(24)22-18-19-9-13(26-18)10-20-25/h6-10,12,25H,2-5H2,1H3,(H2,19,21,22,24)/b20-10+. The minimum absolute atomic E-state index is 0.0414. The number of hydrogen-bond donors (Lipinski definition) is 3. The summed E-state index contributed by atoms with van der Waals surface area (Å²) in [5, 5.41) is 17.2. The highest BCUT2D eigenvalue weighted by molar-refractivity contribution is 7.17. The summed E-state index contributed by atoms with van der Waals surface area (Å²) < 4.78 is 0. The highest BCUT2D eigenvalue weighted by Crippen LogP contribution is 2.31. The van der Waals surface area contributed by atoms with Gasteiger partial charge in [-0.3, -0.25) is 10.1 Å². The van der Waals surface area contributed by atoms with Gasteiger partial charge >= 0.3 is 6.03 Å². The second kappa shape index (κ2) is 8.09. The zero-order valence-electron chi connectivity index (χ0n) is 14.4. The van der Waals surface area contributed by atoms with Crippen molar-refractivity contribution in [3.05, 3.63) is 40.4 Å². The summed E-state index contributed by atoms with van der Waals surface area (Å²) in [5.74, 6) is 0.136. The Morgan fingerprint density at radius 2 is 2.08 bits per heavy atom. The summed E-state index contributed by atoms with van der Waals surface area (Å²) in [5.41, 5.74) is 2.03. The SMILES string of the molecule is Cc1ccc(NC(=O)Nc2ncc(/C=N/O)s2)c(C(=O)C2CCCC2)c1. The second-order valence-electron chi connectivity index (χ2n) is 6.29. The first-order valence-corrected chi connectivity index (χ1v) is 9.24. The van der Waals surface area contributed by atoms with E-state index in [1.807, 2.05) is 19.1 Å². The van der Waals surface area contributed by atoms with Gasteiger partial charge in [-0.1, -0.05) is 41.0 Å². The van der Waals surface area contributed by atoms with Gasteiger partial charge < -0.3 is 10.5 Å². The molecule has 26 heavy (non-hydrogen) atoms. The first-order chi connectivity index (χ1) is 12.6. The van der Waals surface area contributed by atoms with Gasteiger partial charge in [-0.05, 0) is 31.9 Å². The van der Waals surface area contributed by atoms with Crippen LogP contribution in [-0.2, 0) is 0 Å². The zero-order valence-corrected chi connectivity index (χ0v) is 15.2. The van der Waals surface area contributed by atoms with E-state index in [2.05, 4.69) is 20.8 Å². The molecule has 7 nitrogen and oxygen atoms in total. The average Bonchev–Trinajstić information content (AvgIpc) is 3.28. The Morgan fingerprint density at radius 1 is 1.31 bits per heavy atom. The molecule has 1 fully saturated rings. The van der Waals surface area contributed by atoms with Gasteiger partial charge in [0, 0.05) is 17.7 Å². The van der Waals surface area contributed by atoms with E-state index >= 15 is 0 Å². The number of urea groups is 1. The summed E-state index contributed by atoms with van der Waals surface area (Å²) in [7, 11) is 0. The Bertz CT molecular complexity index is 841. The quantitative estimate of drug-likeness (QED) is 0.315. The van der Waals surface area contributed by atoms with E-state index in [-0.39, 0.29) is 11.7 Å². The molecule has 1 aliphatic carbocycles. The molecule has 3 rings (SSSR count). The van der Waals surface area contributed by atoms with Crippen LogP contribution in [0.5, 0.6) is 0 Å². The van der Waals surface area contributed by atoms with Gasteiger partial charge in [-0.2, -0.15) is 0 Å². The van der Waals surface area contributed by atoms with Crippen molar-refractivity contribution in [2.45, 2.75) is 32.6 Å². The molecule has 0 saturated heterocycles. The third-order valence-electron chi connectivity index (χ3n) is 4.34. The fourth-order valence-electron chi connectivity index (χ4n) is 3.09. The molecular weight excluding hydrogens is 352 g/mol. The van der Waals surface area contributed by atoms with E-state index in [1.54, 1.807) is 6.07 Å². The van der Waals surface area contributed by atoms with Crippen molar-refractivity contribution < 1.29 is 14.8 Å². The smallest absolute Gasteiger partial charge is 0.325 e. The number of hydrogen-bond acceptors (Lipinski definition) is 6. The number of nitrogens with zero attached hydrogens (tertiary/aromatic N) is 2. The molecule has 2 amide bonds. The van der Waals surface area contributed by atoms with E-state index in [1.165, 1.54) is 23.7 Å². The van der Waals surface area contributed by atoms with Crippen molar-refractivity contribution in [2.75, 3.05) is 10.6 Å². The highest BCUT2D eigenvalue weighted by Gasteiger charge is 2.26. The summed E-state index contributed by atoms with van der Waals surface area (Å²) in [6.45, 7) is 1.93. The third kappa shape index (κ3) is 4.26. The number of nitrogens with one attached hydrogen (secondary N) is 2. The molecule has 3 N–H and O–H groups in total. The topological polar surface area (TPSA) is 104 Å². The van der Waals surface area contributed by atoms with Crippen molar-refractivity contribution >= 4 is 40.2 Å². The molecule has 1 saturated carbocycles. The number of amides is 2. The van der Waals surface area contributed by atoms with E-state index in [4.69, 9.17) is 5.21 Å². The number of aryl methyl sites for hydroxylation is 1. The van der Waals surface area contributed by atoms with Crippen LogP contribution < -0.4 is 10.6 Å². The highest BCUT2D eigenvalue weighted by atomic mass is 32.1. The van der Waals surface area contributed by atoms with Crippen molar-refractivity contribution in [2.24, 2.45) is 11.1 Å². The van der Waals surface area contributed by atoms with Crippen LogP contribution in [0.4, 0.5) is 15.6 Å². The second-order valence-corrected chi connectivity index (χ2v) is 7.35. The summed E-state index contributed by atoms with van der Waals surface area (Å²) in [6, 6.07) is 4.97. The number of thiazole rings is 1. The number of anilines is 2. The van der Waals surface area contributed by atoms with Crippen molar-refractivity contribution in [1.29, 1.82) is 0 Å². The Balaban J connectivity index is 1.73. The minimum atomic E-state index is -0.476. The van der Waals surface area contributed by atoms with Crippen LogP contribution in [0, 0.1) is 12.8 Å². The lowest BCUT2D eigenvalue weighted by Crippen LogP contribution is -2.22. The molecule has 8 heteroatoms. The lowest BCUT2D eigenvalue weighted by atomic mass is 9.94. The molecular formula is C18H20N4O3S. The number of ketones is 1. The van der Waals surface area contributed by atoms with E-state index < -0.39 is 6.03 Å². The van der Waals surface area contributed by atoms with Crippen LogP contribution >= 0.6 is 11.3 Å². The molecule has 1 aromatic heterocycles. The number of Topliss-reactive ketones (excluding diaryl/α,β-unsaturated/α-hetero) is 1. The van der Waals surface area contributed by atoms with Crippen molar-refractivity contribution in [3.8, 4) is 0 Å². The first-order valence-electron chi connectivity index (χ1n) is 8.43. The molecule has 1 aliphatic rings. The molecule has 0 unspecified atom stereocenters. The summed E-state index contributed by atoms with van der Waals surface area (Å²) >= 11 is 1.17. The van der Waals surface area contributed by atoms with Crippen LogP contribution in [0.3, 0.4) is 0 Å². The van der Waals surface area contributed by atoms with Gasteiger partial charge in [0.2, 0.25) is 0 Å². The number of carbonyl (C=O) groups is 2.